The lowest BCUT2D eigenvalue weighted by molar-refractivity contribution is 0.590. The van der Waals surface area contributed by atoms with Gasteiger partial charge in [-0.1, -0.05) is 87.5 Å². The zero-order valence-electron chi connectivity index (χ0n) is 19.6. The summed E-state index contributed by atoms with van der Waals surface area (Å²) in [5.41, 5.74) is 8.88. The van der Waals surface area contributed by atoms with Crippen molar-refractivity contribution in [2.45, 2.75) is 26.2 Å². The maximum absolute atomic E-state index is 5.85. The largest absolute Gasteiger partial charge is 0.464 e. The van der Waals surface area contributed by atoms with Crippen molar-refractivity contribution in [3.8, 4) is 28.2 Å². The van der Waals surface area contributed by atoms with Gasteiger partial charge in [-0.25, -0.2) is 4.98 Å². The predicted octanol–water partition coefficient (Wildman–Crippen LogP) is 8.40. The van der Waals surface area contributed by atoms with Crippen LogP contribution in [0.1, 0.15) is 26.3 Å². The molecule has 6 rings (SSSR count). The Kier molecular flexibility index (Phi) is 4.66. The molecule has 3 nitrogen and oxygen atoms in total. The number of benzene rings is 4. The van der Waals surface area contributed by atoms with Crippen LogP contribution in [0.5, 0.6) is 0 Å². The quantitative estimate of drug-likeness (QED) is 0.275. The zero-order chi connectivity index (χ0) is 23.3. The van der Waals surface area contributed by atoms with Gasteiger partial charge in [-0.05, 0) is 52.4 Å². The molecule has 0 atom stereocenters. The van der Waals surface area contributed by atoms with E-state index in [2.05, 4.69) is 98.1 Å². The molecule has 6 aromatic rings. The lowest BCUT2D eigenvalue weighted by atomic mass is 9.86. The molecule has 0 bridgehead atoms. The minimum atomic E-state index is 0.151. The molecule has 0 unspecified atom stereocenters. The SMILES string of the molecule is CC(C)(C)c1ccc(-c2ccc(-n3c(-c4coc5ccccc45)nc4ccccc43)cc2)cc1. The lowest BCUT2D eigenvalue weighted by Gasteiger charge is -2.19. The van der Waals surface area contributed by atoms with Crippen molar-refractivity contribution < 1.29 is 4.42 Å². The van der Waals surface area contributed by atoms with Crippen molar-refractivity contribution in [2.75, 3.05) is 0 Å². The van der Waals surface area contributed by atoms with Crippen LogP contribution in [0.2, 0.25) is 0 Å². The highest BCUT2D eigenvalue weighted by Gasteiger charge is 2.18. The third-order valence-corrected chi connectivity index (χ3v) is 6.49. The van der Waals surface area contributed by atoms with Crippen molar-refractivity contribution in [2.24, 2.45) is 0 Å². The highest BCUT2D eigenvalue weighted by molar-refractivity contribution is 5.95. The summed E-state index contributed by atoms with van der Waals surface area (Å²) >= 11 is 0. The summed E-state index contributed by atoms with van der Waals surface area (Å²) in [5.74, 6) is 0.883. The van der Waals surface area contributed by atoms with E-state index in [1.165, 1.54) is 16.7 Å². The Hall–Kier alpha value is -4.11. The number of rotatable bonds is 3. The van der Waals surface area contributed by atoms with E-state index in [9.17, 15) is 0 Å². The van der Waals surface area contributed by atoms with Crippen LogP contribution in [0.25, 0.3) is 50.2 Å². The fraction of sp³-hybridized carbons (Fsp3) is 0.129. The summed E-state index contributed by atoms with van der Waals surface area (Å²) in [5, 5.41) is 1.06. The van der Waals surface area contributed by atoms with Gasteiger partial charge in [0.25, 0.3) is 0 Å². The van der Waals surface area contributed by atoms with E-state index >= 15 is 0 Å². The number of imidazole rings is 1. The molecule has 0 N–H and O–H groups in total. The van der Waals surface area contributed by atoms with E-state index in [0.29, 0.717) is 0 Å². The van der Waals surface area contributed by atoms with Gasteiger partial charge in [-0.3, -0.25) is 4.57 Å². The number of para-hydroxylation sites is 3. The van der Waals surface area contributed by atoms with E-state index in [1.807, 2.05) is 30.5 Å². The Bertz CT molecular complexity index is 1610. The summed E-state index contributed by atoms with van der Waals surface area (Å²) in [7, 11) is 0. The van der Waals surface area contributed by atoms with Crippen LogP contribution in [-0.2, 0) is 5.41 Å². The number of hydrogen-bond donors (Lipinski definition) is 0. The Labute approximate surface area is 199 Å². The summed E-state index contributed by atoms with van der Waals surface area (Å²) in [4.78, 5) is 5.00. The molecule has 0 aliphatic rings. The van der Waals surface area contributed by atoms with E-state index in [1.54, 1.807) is 0 Å². The van der Waals surface area contributed by atoms with Crippen molar-refractivity contribution in [1.29, 1.82) is 0 Å². The molecule has 0 amide bonds. The Morgan fingerprint density at radius 1 is 0.706 bits per heavy atom. The molecule has 0 radical (unpaired) electrons. The molecule has 2 heterocycles. The Morgan fingerprint density at radius 2 is 1.35 bits per heavy atom. The second kappa shape index (κ2) is 7.74. The fourth-order valence-electron chi connectivity index (χ4n) is 4.58. The van der Waals surface area contributed by atoms with Crippen LogP contribution in [0.3, 0.4) is 0 Å². The zero-order valence-corrected chi connectivity index (χ0v) is 19.6. The first-order valence-corrected chi connectivity index (χ1v) is 11.6. The van der Waals surface area contributed by atoms with Gasteiger partial charge < -0.3 is 4.42 Å². The van der Waals surface area contributed by atoms with E-state index in [4.69, 9.17) is 9.40 Å². The van der Waals surface area contributed by atoms with Crippen LogP contribution in [0.15, 0.2) is 108 Å². The van der Waals surface area contributed by atoms with Crippen molar-refractivity contribution in [3.63, 3.8) is 0 Å². The summed E-state index contributed by atoms with van der Waals surface area (Å²) in [6, 6.07) is 34.0. The highest BCUT2D eigenvalue weighted by Crippen LogP contribution is 2.35. The van der Waals surface area contributed by atoms with Gasteiger partial charge in [0, 0.05) is 11.1 Å². The summed E-state index contributed by atoms with van der Waals surface area (Å²) in [6.45, 7) is 6.73. The third kappa shape index (κ3) is 3.41. The van der Waals surface area contributed by atoms with Crippen LogP contribution in [-0.4, -0.2) is 9.55 Å². The molecule has 4 aromatic carbocycles. The molecular weight excluding hydrogens is 416 g/mol. The first kappa shape index (κ1) is 20.5. The van der Waals surface area contributed by atoms with E-state index in [0.717, 1.165) is 39.1 Å². The highest BCUT2D eigenvalue weighted by atomic mass is 16.3. The monoisotopic (exact) mass is 442 g/mol. The lowest BCUT2D eigenvalue weighted by Crippen LogP contribution is -2.10. The van der Waals surface area contributed by atoms with Crippen LogP contribution < -0.4 is 0 Å². The second-order valence-electron chi connectivity index (χ2n) is 9.78. The fourth-order valence-corrected chi connectivity index (χ4v) is 4.58. The molecule has 34 heavy (non-hydrogen) atoms. The predicted molar refractivity (Wildman–Crippen MR) is 140 cm³/mol. The van der Waals surface area contributed by atoms with Gasteiger partial charge in [0.1, 0.15) is 17.7 Å². The molecule has 0 aliphatic heterocycles. The maximum atomic E-state index is 5.85. The first-order valence-electron chi connectivity index (χ1n) is 11.6. The molecular formula is C31H26N2O. The Balaban J connectivity index is 1.46. The van der Waals surface area contributed by atoms with Gasteiger partial charge in [0.15, 0.2) is 0 Å². The number of nitrogens with zero attached hydrogens (tertiary/aromatic N) is 2. The normalized spacial score (nSPS) is 12.0. The number of hydrogen-bond acceptors (Lipinski definition) is 2. The summed E-state index contributed by atoms with van der Waals surface area (Å²) < 4.78 is 8.07. The maximum Gasteiger partial charge on any atom is 0.149 e. The van der Waals surface area contributed by atoms with Crippen molar-refractivity contribution in [3.05, 3.63) is 109 Å². The molecule has 0 fully saturated rings. The molecule has 0 saturated heterocycles. The molecule has 0 saturated carbocycles. The minimum Gasteiger partial charge on any atom is -0.464 e. The topological polar surface area (TPSA) is 31.0 Å². The van der Waals surface area contributed by atoms with Gasteiger partial charge >= 0.3 is 0 Å². The van der Waals surface area contributed by atoms with Gasteiger partial charge in [-0.2, -0.15) is 0 Å². The smallest absolute Gasteiger partial charge is 0.149 e. The number of fused-ring (bicyclic) bond motifs is 2. The average Bonchev–Trinajstić information content (AvgIpc) is 3.45. The standard InChI is InChI=1S/C31H26N2O/c1-31(2,3)23-16-12-21(13-17-23)22-14-18-24(19-15-22)33-28-10-6-5-9-27(28)32-30(33)26-20-34-29-11-7-4-8-25(26)29/h4-20H,1-3H3. The third-order valence-electron chi connectivity index (χ3n) is 6.49. The van der Waals surface area contributed by atoms with Crippen LogP contribution in [0.4, 0.5) is 0 Å². The van der Waals surface area contributed by atoms with Crippen LogP contribution >= 0.6 is 0 Å². The minimum absolute atomic E-state index is 0.151. The first-order chi connectivity index (χ1) is 16.5. The molecule has 0 spiro atoms. The van der Waals surface area contributed by atoms with Crippen molar-refractivity contribution >= 4 is 22.0 Å². The molecule has 166 valence electrons. The van der Waals surface area contributed by atoms with E-state index in [-0.39, 0.29) is 5.41 Å². The molecule has 2 aromatic heterocycles. The number of furan rings is 1. The van der Waals surface area contributed by atoms with Gasteiger partial charge in [-0.15, -0.1) is 0 Å². The van der Waals surface area contributed by atoms with Crippen LogP contribution in [0, 0.1) is 0 Å². The second-order valence-corrected chi connectivity index (χ2v) is 9.78. The summed E-state index contributed by atoms with van der Waals surface area (Å²) in [6.07, 6.45) is 1.81. The van der Waals surface area contributed by atoms with Crippen molar-refractivity contribution in [1.82, 2.24) is 9.55 Å². The van der Waals surface area contributed by atoms with Gasteiger partial charge in [0.05, 0.1) is 16.6 Å². The molecule has 3 heteroatoms. The number of aromatic nitrogens is 2. The van der Waals surface area contributed by atoms with E-state index < -0.39 is 0 Å². The Morgan fingerprint density at radius 3 is 2.09 bits per heavy atom. The average molecular weight is 443 g/mol. The molecule has 0 aliphatic carbocycles. The van der Waals surface area contributed by atoms with Gasteiger partial charge in [0.2, 0.25) is 0 Å².